The van der Waals surface area contributed by atoms with Gasteiger partial charge in [0, 0.05) is 19.2 Å². The maximum Gasteiger partial charge on any atom is 0.251 e. The first-order valence-corrected chi connectivity index (χ1v) is 9.40. The van der Waals surface area contributed by atoms with Gasteiger partial charge in [-0.25, -0.2) is 0 Å². The summed E-state index contributed by atoms with van der Waals surface area (Å²) in [7, 11) is 3.51. The van der Waals surface area contributed by atoms with Gasteiger partial charge in [-0.1, -0.05) is 42.5 Å². The minimum absolute atomic E-state index is 0.00259. The van der Waals surface area contributed by atoms with Crippen LogP contribution in [0, 0.1) is 0 Å². The molecule has 3 rings (SSSR count). The molecule has 2 aromatic carbocycles. The van der Waals surface area contributed by atoms with E-state index < -0.39 is 0 Å². The van der Waals surface area contributed by atoms with Gasteiger partial charge in [-0.05, 0) is 37.0 Å². The number of likely N-dealkylation sites (N-methyl/N-ethyl adjacent to an activating group) is 1. The molecule has 1 fully saturated rings. The Balaban J connectivity index is 1.71. The van der Waals surface area contributed by atoms with Gasteiger partial charge in [0.1, 0.15) is 11.9 Å². The van der Waals surface area contributed by atoms with Crippen molar-refractivity contribution in [2.45, 2.75) is 38.0 Å². The zero-order valence-corrected chi connectivity index (χ0v) is 16.2. The highest BCUT2D eigenvalue weighted by atomic mass is 16.5. The number of methoxy groups -OCH3 is 1. The van der Waals surface area contributed by atoms with Crippen LogP contribution in [-0.2, 0) is 9.53 Å². The standard InChI is InChI=1S/C22H28N2O3/c1-15(24(2)22(25)21-13-12-18(14-23)27-21)16-8-10-17(11-9-16)19-6-4-5-7-20(19)26-3/h4-11,15,18,21H,12-14,23H2,1-3H3/t15?,18-,21+/m1/s1. The van der Waals surface area contributed by atoms with Gasteiger partial charge < -0.3 is 20.1 Å². The van der Waals surface area contributed by atoms with Gasteiger partial charge in [-0.3, -0.25) is 4.79 Å². The summed E-state index contributed by atoms with van der Waals surface area (Å²) in [5, 5.41) is 0. The predicted molar refractivity (Wildman–Crippen MR) is 107 cm³/mol. The molecule has 0 aliphatic carbocycles. The minimum atomic E-state index is -0.376. The molecule has 1 saturated heterocycles. The highest BCUT2D eigenvalue weighted by Gasteiger charge is 2.33. The molecule has 27 heavy (non-hydrogen) atoms. The zero-order chi connectivity index (χ0) is 19.4. The number of carbonyl (C=O) groups is 1. The van der Waals surface area contributed by atoms with Crippen molar-refractivity contribution in [2.75, 3.05) is 20.7 Å². The van der Waals surface area contributed by atoms with Crippen LogP contribution in [0.15, 0.2) is 48.5 Å². The zero-order valence-electron chi connectivity index (χ0n) is 16.2. The molecule has 5 heteroatoms. The second-order valence-corrected chi connectivity index (χ2v) is 7.01. The third kappa shape index (κ3) is 4.15. The normalized spacial score (nSPS) is 20.3. The van der Waals surface area contributed by atoms with E-state index in [9.17, 15) is 4.79 Å². The third-order valence-electron chi connectivity index (χ3n) is 5.39. The number of para-hydroxylation sites is 1. The van der Waals surface area contributed by atoms with E-state index in [0.717, 1.165) is 35.3 Å². The molecule has 144 valence electrons. The molecular weight excluding hydrogens is 340 g/mol. The quantitative estimate of drug-likeness (QED) is 0.849. The molecule has 0 radical (unpaired) electrons. The number of nitrogens with two attached hydrogens (primary N) is 1. The molecule has 0 bridgehead atoms. The summed E-state index contributed by atoms with van der Waals surface area (Å²) in [5.74, 6) is 0.866. The molecule has 2 N–H and O–H groups in total. The van der Waals surface area contributed by atoms with Crippen molar-refractivity contribution in [2.24, 2.45) is 5.73 Å². The number of carbonyl (C=O) groups excluding carboxylic acids is 1. The molecule has 1 aliphatic heterocycles. The Morgan fingerprint density at radius 2 is 1.93 bits per heavy atom. The van der Waals surface area contributed by atoms with Gasteiger partial charge in [-0.15, -0.1) is 0 Å². The summed E-state index contributed by atoms with van der Waals surface area (Å²) in [6.45, 7) is 2.50. The Kier molecular flexibility index (Phi) is 6.14. The average Bonchev–Trinajstić information content (AvgIpc) is 3.21. The Hall–Kier alpha value is -2.37. The van der Waals surface area contributed by atoms with Gasteiger partial charge >= 0.3 is 0 Å². The van der Waals surface area contributed by atoms with Crippen LogP contribution in [0.5, 0.6) is 5.75 Å². The van der Waals surface area contributed by atoms with Gasteiger partial charge in [-0.2, -0.15) is 0 Å². The van der Waals surface area contributed by atoms with Crippen molar-refractivity contribution in [3.05, 3.63) is 54.1 Å². The van der Waals surface area contributed by atoms with E-state index in [4.69, 9.17) is 15.2 Å². The fourth-order valence-electron chi connectivity index (χ4n) is 3.53. The van der Waals surface area contributed by atoms with Crippen molar-refractivity contribution in [1.82, 2.24) is 4.90 Å². The number of hydrogen-bond donors (Lipinski definition) is 1. The number of hydrogen-bond acceptors (Lipinski definition) is 4. The van der Waals surface area contributed by atoms with E-state index >= 15 is 0 Å². The van der Waals surface area contributed by atoms with Crippen LogP contribution in [0.1, 0.15) is 31.4 Å². The van der Waals surface area contributed by atoms with Crippen LogP contribution >= 0.6 is 0 Å². The Labute approximate surface area is 161 Å². The van der Waals surface area contributed by atoms with Crippen LogP contribution < -0.4 is 10.5 Å². The summed E-state index contributed by atoms with van der Waals surface area (Å²) in [5.41, 5.74) is 8.87. The Bertz CT molecular complexity index is 775. The van der Waals surface area contributed by atoms with E-state index in [0.29, 0.717) is 6.54 Å². The molecule has 0 aromatic heterocycles. The van der Waals surface area contributed by atoms with Gasteiger partial charge in [0.25, 0.3) is 5.91 Å². The molecule has 0 saturated carbocycles. The van der Waals surface area contributed by atoms with Crippen molar-refractivity contribution in [3.63, 3.8) is 0 Å². The summed E-state index contributed by atoms with van der Waals surface area (Å²) in [4.78, 5) is 14.5. The molecule has 1 amide bonds. The van der Waals surface area contributed by atoms with E-state index in [1.165, 1.54) is 0 Å². The number of nitrogens with zero attached hydrogens (tertiary/aromatic N) is 1. The molecule has 5 nitrogen and oxygen atoms in total. The van der Waals surface area contributed by atoms with Gasteiger partial charge in [0.15, 0.2) is 0 Å². The number of ether oxygens (including phenoxy) is 2. The van der Waals surface area contributed by atoms with E-state index in [-0.39, 0.29) is 24.2 Å². The van der Waals surface area contributed by atoms with Gasteiger partial charge in [0.2, 0.25) is 0 Å². The van der Waals surface area contributed by atoms with Crippen molar-refractivity contribution < 1.29 is 14.3 Å². The van der Waals surface area contributed by atoms with Crippen molar-refractivity contribution in [3.8, 4) is 16.9 Å². The first kappa shape index (κ1) is 19.4. The number of benzene rings is 2. The first-order valence-electron chi connectivity index (χ1n) is 9.40. The maximum absolute atomic E-state index is 12.7. The monoisotopic (exact) mass is 368 g/mol. The molecule has 2 aromatic rings. The Morgan fingerprint density at radius 1 is 1.22 bits per heavy atom. The second kappa shape index (κ2) is 8.55. The number of amides is 1. The van der Waals surface area contributed by atoms with Crippen LogP contribution in [0.25, 0.3) is 11.1 Å². The Morgan fingerprint density at radius 3 is 2.56 bits per heavy atom. The lowest BCUT2D eigenvalue weighted by Gasteiger charge is -2.28. The molecule has 1 unspecified atom stereocenters. The largest absolute Gasteiger partial charge is 0.496 e. The highest BCUT2D eigenvalue weighted by Crippen LogP contribution is 2.31. The summed E-state index contributed by atoms with van der Waals surface area (Å²) in [6, 6.07) is 16.2. The predicted octanol–water partition coefficient (Wildman–Crippen LogP) is 3.39. The van der Waals surface area contributed by atoms with Gasteiger partial charge in [0.05, 0.1) is 19.3 Å². The molecule has 0 spiro atoms. The van der Waals surface area contributed by atoms with Crippen LogP contribution in [0.2, 0.25) is 0 Å². The van der Waals surface area contributed by atoms with E-state index in [1.807, 2.05) is 38.2 Å². The third-order valence-corrected chi connectivity index (χ3v) is 5.39. The van der Waals surface area contributed by atoms with E-state index in [2.05, 4.69) is 24.3 Å². The maximum atomic E-state index is 12.7. The fourth-order valence-corrected chi connectivity index (χ4v) is 3.53. The van der Waals surface area contributed by atoms with Crippen LogP contribution in [0.3, 0.4) is 0 Å². The smallest absolute Gasteiger partial charge is 0.251 e. The SMILES string of the molecule is COc1ccccc1-c1ccc(C(C)N(C)C(=O)[C@@H]2CC[C@H](CN)O2)cc1. The van der Waals surface area contributed by atoms with Crippen LogP contribution in [0.4, 0.5) is 0 Å². The average molecular weight is 368 g/mol. The highest BCUT2D eigenvalue weighted by molar-refractivity contribution is 5.81. The lowest BCUT2D eigenvalue weighted by molar-refractivity contribution is -0.143. The van der Waals surface area contributed by atoms with Crippen molar-refractivity contribution >= 4 is 5.91 Å². The first-order chi connectivity index (χ1) is 13.0. The van der Waals surface area contributed by atoms with Crippen LogP contribution in [-0.4, -0.2) is 43.7 Å². The summed E-state index contributed by atoms with van der Waals surface area (Å²) >= 11 is 0. The fraction of sp³-hybridized carbons (Fsp3) is 0.409. The lowest BCUT2D eigenvalue weighted by atomic mass is 10.00. The summed E-state index contributed by atoms with van der Waals surface area (Å²) in [6.07, 6.45) is 1.22. The second-order valence-electron chi connectivity index (χ2n) is 7.01. The lowest BCUT2D eigenvalue weighted by Crippen LogP contribution is -2.38. The summed E-state index contributed by atoms with van der Waals surface area (Å²) < 4.78 is 11.2. The molecule has 1 aliphatic rings. The molecule has 3 atom stereocenters. The molecular formula is C22H28N2O3. The topological polar surface area (TPSA) is 64.8 Å². The van der Waals surface area contributed by atoms with Crippen molar-refractivity contribution in [1.29, 1.82) is 0 Å². The molecule has 1 heterocycles. The minimum Gasteiger partial charge on any atom is -0.496 e. The number of rotatable bonds is 6. The van der Waals surface area contributed by atoms with E-state index in [1.54, 1.807) is 12.0 Å².